The van der Waals surface area contributed by atoms with E-state index in [1.165, 1.54) is 4.90 Å². The minimum atomic E-state index is -0.699. The van der Waals surface area contributed by atoms with Crippen molar-refractivity contribution in [1.82, 2.24) is 25.9 Å². The molecule has 0 spiro atoms. The molecule has 3 N–H and O–H groups in total. The molecule has 10 nitrogen and oxygen atoms in total. The second-order valence-corrected chi connectivity index (χ2v) is 7.52. The highest BCUT2D eigenvalue weighted by atomic mass is 16.2. The average molecular weight is 411 g/mol. The second kappa shape index (κ2) is 8.05. The third kappa shape index (κ3) is 3.56. The molecular weight excluding hydrogens is 390 g/mol. The van der Waals surface area contributed by atoms with Crippen molar-refractivity contribution in [2.45, 2.75) is 32.1 Å². The van der Waals surface area contributed by atoms with Crippen molar-refractivity contribution in [1.29, 1.82) is 0 Å². The molecule has 1 aromatic heterocycles. The van der Waals surface area contributed by atoms with Gasteiger partial charge in [-0.2, -0.15) is 5.10 Å². The summed E-state index contributed by atoms with van der Waals surface area (Å²) in [6, 6.07) is 6.48. The maximum atomic E-state index is 12.4. The fourth-order valence-corrected chi connectivity index (χ4v) is 4.20. The van der Waals surface area contributed by atoms with Crippen LogP contribution in [-0.2, 0) is 14.4 Å². The lowest BCUT2D eigenvalue weighted by molar-refractivity contribution is -0.140. The lowest BCUT2D eigenvalue weighted by Gasteiger charge is -2.19. The first-order valence-electron chi connectivity index (χ1n) is 9.89. The number of nitrogens with zero attached hydrogens (tertiary/aromatic N) is 2. The van der Waals surface area contributed by atoms with Crippen LogP contribution >= 0.6 is 0 Å². The number of carbonyl (C=O) groups excluding carboxylic acids is 4. The van der Waals surface area contributed by atoms with Crippen LogP contribution in [0.4, 0.5) is 0 Å². The molecule has 1 aromatic carbocycles. The fraction of sp³-hybridized carbons (Fsp3) is 0.400. The van der Waals surface area contributed by atoms with Crippen LogP contribution in [0.5, 0.6) is 0 Å². The van der Waals surface area contributed by atoms with Crippen molar-refractivity contribution in [2.75, 3.05) is 6.54 Å². The summed E-state index contributed by atoms with van der Waals surface area (Å²) in [5.41, 5.74) is 4.04. The Hall–Kier alpha value is -3.56. The summed E-state index contributed by atoms with van der Waals surface area (Å²) in [5, 5.41) is 6.66. The lowest BCUT2D eigenvalue weighted by Crippen LogP contribution is -2.44. The smallest absolute Gasteiger partial charge is 0.282 e. The van der Waals surface area contributed by atoms with Gasteiger partial charge in [-0.05, 0) is 18.9 Å². The molecular formula is C20H21N5O5. The number of amides is 4. The summed E-state index contributed by atoms with van der Waals surface area (Å²) < 4.78 is 0. The largest absolute Gasteiger partial charge is 0.290 e. The van der Waals surface area contributed by atoms with Crippen LogP contribution in [0.25, 0.3) is 10.8 Å². The number of rotatable bonds is 4. The van der Waals surface area contributed by atoms with E-state index in [0.29, 0.717) is 23.6 Å². The Labute approximate surface area is 171 Å². The number of nitrogens with one attached hydrogen (secondary N) is 3. The van der Waals surface area contributed by atoms with E-state index in [2.05, 4.69) is 21.0 Å². The molecule has 156 valence electrons. The van der Waals surface area contributed by atoms with Gasteiger partial charge in [-0.1, -0.05) is 31.0 Å². The van der Waals surface area contributed by atoms with E-state index >= 15 is 0 Å². The molecule has 2 aromatic rings. The van der Waals surface area contributed by atoms with Gasteiger partial charge in [-0.25, -0.2) is 5.10 Å². The zero-order valence-corrected chi connectivity index (χ0v) is 16.1. The Morgan fingerprint density at radius 3 is 2.30 bits per heavy atom. The molecule has 4 amide bonds. The highest BCUT2D eigenvalue weighted by Crippen LogP contribution is 2.37. The molecule has 1 aliphatic heterocycles. The summed E-state index contributed by atoms with van der Waals surface area (Å²) in [6.45, 7) is -0.0216. The topological polar surface area (TPSA) is 141 Å². The summed E-state index contributed by atoms with van der Waals surface area (Å²) >= 11 is 0. The molecule has 2 aliphatic rings. The maximum absolute atomic E-state index is 12.4. The van der Waals surface area contributed by atoms with Gasteiger partial charge in [0, 0.05) is 18.4 Å². The number of H-pyrrole nitrogens is 1. The molecule has 0 bridgehead atoms. The van der Waals surface area contributed by atoms with Gasteiger partial charge in [0.25, 0.3) is 11.5 Å². The van der Waals surface area contributed by atoms with Crippen molar-refractivity contribution >= 4 is 34.4 Å². The van der Waals surface area contributed by atoms with Crippen LogP contribution in [-0.4, -0.2) is 45.3 Å². The quantitative estimate of drug-likeness (QED) is 0.486. The normalized spacial score (nSPS) is 20.9. The van der Waals surface area contributed by atoms with Gasteiger partial charge in [-0.3, -0.25) is 39.7 Å². The number of likely N-dealkylation sites (tertiary alicyclic amines) is 1. The van der Waals surface area contributed by atoms with Crippen LogP contribution < -0.4 is 16.4 Å². The summed E-state index contributed by atoms with van der Waals surface area (Å²) in [4.78, 5) is 62.3. The first kappa shape index (κ1) is 19.7. The molecule has 0 unspecified atom stereocenters. The molecule has 2 heterocycles. The predicted octanol–water partition coefficient (Wildman–Crippen LogP) is 0.249. The van der Waals surface area contributed by atoms with Crippen molar-refractivity contribution in [3.8, 4) is 0 Å². The summed E-state index contributed by atoms with van der Waals surface area (Å²) in [5.74, 6) is -2.17. The van der Waals surface area contributed by atoms with Gasteiger partial charge in [-0.15, -0.1) is 0 Å². The first-order valence-corrected chi connectivity index (χ1v) is 9.89. The third-order valence-electron chi connectivity index (χ3n) is 5.72. The van der Waals surface area contributed by atoms with Crippen LogP contribution in [0.2, 0.25) is 0 Å². The number of hydrogen-bond acceptors (Lipinski definition) is 6. The SMILES string of the molecule is O=C(CCN1C(=O)[C@@H]2CCCC[C@H]2C1=O)NNC(=O)c1n[nH]c(=O)c2ccccc12. The Morgan fingerprint density at radius 1 is 1.00 bits per heavy atom. The van der Waals surface area contributed by atoms with Gasteiger partial charge in [0.05, 0.1) is 17.2 Å². The number of hydrazine groups is 1. The molecule has 10 heteroatoms. The molecule has 0 radical (unpaired) electrons. The standard InChI is InChI=1S/C20H21N5O5/c26-15(9-10-25-19(29)13-7-3-4-8-14(13)20(25)30)21-24-18(28)16-11-5-1-2-6-12(11)17(27)23-22-16/h1-2,5-6,13-14H,3-4,7-10H2,(H,21,26)(H,23,27)(H,24,28)/t13-,14-/m1/s1. The molecule has 4 rings (SSSR count). The highest BCUT2D eigenvalue weighted by Gasteiger charge is 2.47. The molecule has 1 saturated carbocycles. The fourth-order valence-electron chi connectivity index (χ4n) is 4.20. The Kier molecular flexibility index (Phi) is 5.30. The summed E-state index contributed by atoms with van der Waals surface area (Å²) in [7, 11) is 0. The molecule has 1 aliphatic carbocycles. The third-order valence-corrected chi connectivity index (χ3v) is 5.72. The Bertz CT molecular complexity index is 1070. The monoisotopic (exact) mass is 411 g/mol. The van der Waals surface area contributed by atoms with Crippen molar-refractivity contribution < 1.29 is 19.2 Å². The number of carbonyl (C=O) groups is 4. The van der Waals surface area contributed by atoms with Crippen molar-refractivity contribution in [2.24, 2.45) is 11.8 Å². The lowest BCUT2D eigenvalue weighted by atomic mass is 9.81. The van der Waals surface area contributed by atoms with E-state index in [4.69, 9.17) is 0 Å². The highest BCUT2D eigenvalue weighted by molar-refractivity contribution is 6.06. The molecule has 1 saturated heterocycles. The van der Waals surface area contributed by atoms with Gasteiger partial charge in [0.1, 0.15) is 0 Å². The molecule has 30 heavy (non-hydrogen) atoms. The molecule has 2 fully saturated rings. The minimum absolute atomic E-state index is 0.0216. The van der Waals surface area contributed by atoms with E-state index in [9.17, 15) is 24.0 Å². The Morgan fingerprint density at radius 2 is 1.63 bits per heavy atom. The Balaban J connectivity index is 1.34. The van der Waals surface area contributed by atoms with E-state index < -0.39 is 17.4 Å². The second-order valence-electron chi connectivity index (χ2n) is 7.52. The number of aromatic nitrogens is 2. The number of hydrogen-bond donors (Lipinski definition) is 3. The van der Waals surface area contributed by atoms with Crippen LogP contribution in [0.3, 0.4) is 0 Å². The van der Waals surface area contributed by atoms with Gasteiger partial charge in [0.2, 0.25) is 17.7 Å². The van der Waals surface area contributed by atoms with E-state index in [0.717, 1.165) is 12.8 Å². The van der Waals surface area contributed by atoms with Crippen molar-refractivity contribution in [3.05, 3.63) is 40.3 Å². The number of aromatic amines is 1. The molecule has 2 atom stereocenters. The van der Waals surface area contributed by atoms with Crippen LogP contribution in [0, 0.1) is 11.8 Å². The van der Waals surface area contributed by atoms with Gasteiger partial charge >= 0.3 is 0 Å². The number of imide groups is 1. The number of fused-ring (bicyclic) bond motifs is 2. The average Bonchev–Trinajstić information content (AvgIpc) is 3.01. The summed E-state index contributed by atoms with van der Waals surface area (Å²) in [6.07, 6.45) is 3.18. The van der Waals surface area contributed by atoms with E-state index in [1.54, 1.807) is 24.3 Å². The first-order chi connectivity index (χ1) is 14.5. The van der Waals surface area contributed by atoms with Crippen molar-refractivity contribution in [3.63, 3.8) is 0 Å². The predicted molar refractivity (Wildman–Crippen MR) is 105 cm³/mol. The van der Waals surface area contributed by atoms with Crippen LogP contribution in [0.1, 0.15) is 42.6 Å². The zero-order valence-electron chi connectivity index (χ0n) is 16.1. The zero-order chi connectivity index (χ0) is 21.3. The van der Waals surface area contributed by atoms with E-state index in [1.807, 2.05) is 0 Å². The van der Waals surface area contributed by atoms with Gasteiger partial charge in [0.15, 0.2) is 5.69 Å². The minimum Gasteiger partial charge on any atom is -0.282 e. The van der Waals surface area contributed by atoms with Gasteiger partial charge < -0.3 is 0 Å². The van der Waals surface area contributed by atoms with Crippen LogP contribution in [0.15, 0.2) is 29.1 Å². The number of benzene rings is 1. The van der Waals surface area contributed by atoms with E-state index in [-0.39, 0.29) is 42.3 Å². The maximum Gasteiger partial charge on any atom is 0.290 e.